The maximum Gasteiger partial charge on any atom is 0.303 e. The third-order valence-electron chi connectivity index (χ3n) is 3.00. The molecule has 2 N–H and O–H groups in total. The number of halogens is 1. The van der Waals surface area contributed by atoms with Gasteiger partial charge in [-0.1, -0.05) is 22.0 Å². The molecular weight excluding hydrogens is 336 g/mol. The lowest BCUT2D eigenvalue weighted by atomic mass is 10.1. The van der Waals surface area contributed by atoms with Crippen LogP contribution in [0.3, 0.4) is 0 Å². The number of aryl methyl sites for hydroxylation is 1. The van der Waals surface area contributed by atoms with Crippen LogP contribution in [-0.2, 0) is 4.79 Å². The Bertz CT molecular complexity index is 695. The summed E-state index contributed by atoms with van der Waals surface area (Å²) in [4.78, 5) is 27.1. The van der Waals surface area contributed by atoms with Crippen molar-refractivity contribution < 1.29 is 14.7 Å². The van der Waals surface area contributed by atoms with Gasteiger partial charge in [-0.25, -0.2) is 0 Å². The number of aromatic nitrogens is 1. The normalized spacial score (nSPS) is 10.6. The number of carboxylic acids is 1. The minimum absolute atomic E-state index is 0.0450. The smallest absolute Gasteiger partial charge is 0.303 e. The molecule has 6 heteroatoms. The number of nitrogens with zero attached hydrogens (tertiary/aromatic N) is 1. The fraction of sp³-hybridized carbons (Fsp3) is 0.267. The molecule has 0 saturated heterocycles. The number of benzene rings is 1. The van der Waals surface area contributed by atoms with Gasteiger partial charge in [0.15, 0.2) is 0 Å². The molecule has 1 amide bonds. The van der Waals surface area contributed by atoms with Crippen LogP contribution in [0.4, 0.5) is 0 Å². The van der Waals surface area contributed by atoms with Gasteiger partial charge >= 0.3 is 5.97 Å². The molecule has 1 aromatic carbocycles. The SMILES string of the molecule is Cc1cc(C(=O)NCCCC(=O)O)c2ccc(Br)cc2n1. The minimum atomic E-state index is -0.862. The lowest BCUT2D eigenvalue weighted by Crippen LogP contribution is -2.25. The van der Waals surface area contributed by atoms with Gasteiger partial charge in [0, 0.05) is 28.5 Å². The zero-order chi connectivity index (χ0) is 15.4. The second-order valence-corrected chi connectivity index (χ2v) is 5.64. The Balaban J connectivity index is 2.20. The van der Waals surface area contributed by atoms with E-state index in [0.29, 0.717) is 18.5 Å². The highest BCUT2D eigenvalue weighted by Gasteiger charge is 2.12. The van der Waals surface area contributed by atoms with E-state index in [1.165, 1.54) is 0 Å². The van der Waals surface area contributed by atoms with Gasteiger partial charge in [-0.3, -0.25) is 14.6 Å². The molecule has 110 valence electrons. The molecule has 0 bridgehead atoms. The molecular formula is C15H15BrN2O3. The molecule has 0 saturated carbocycles. The summed E-state index contributed by atoms with van der Waals surface area (Å²) >= 11 is 3.39. The van der Waals surface area contributed by atoms with Crippen LogP contribution in [0.15, 0.2) is 28.7 Å². The van der Waals surface area contributed by atoms with Crippen molar-refractivity contribution >= 4 is 38.7 Å². The van der Waals surface area contributed by atoms with Crippen LogP contribution in [0.5, 0.6) is 0 Å². The average Bonchev–Trinajstić information content (AvgIpc) is 2.41. The predicted molar refractivity (Wildman–Crippen MR) is 83.4 cm³/mol. The molecule has 0 aliphatic heterocycles. The lowest BCUT2D eigenvalue weighted by molar-refractivity contribution is -0.137. The number of hydrogen-bond donors (Lipinski definition) is 2. The largest absolute Gasteiger partial charge is 0.481 e. The van der Waals surface area contributed by atoms with Gasteiger partial charge in [-0.05, 0) is 31.5 Å². The Morgan fingerprint density at radius 3 is 2.81 bits per heavy atom. The van der Waals surface area contributed by atoms with E-state index in [1.807, 2.05) is 25.1 Å². The van der Waals surface area contributed by atoms with E-state index in [4.69, 9.17) is 5.11 Å². The van der Waals surface area contributed by atoms with E-state index in [1.54, 1.807) is 6.07 Å². The fourth-order valence-corrected chi connectivity index (χ4v) is 2.41. The molecule has 0 atom stereocenters. The standard InChI is InChI=1S/C15H15BrN2O3/c1-9-7-12(15(21)17-6-2-3-14(19)20)11-5-4-10(16)8-13(11)18-9/h4-5,7-8H,2-3,6H2,1H3,(H,17,21)(H,19,20). The summed E-state index contributed by atoms with van der Waals surface area (Å²) in [7, 11) is 0. The molecule has 2 aromatic rings. The number of carbonyl (C=O) groups excluding carboxylic acids is 1. The molecule has 5 nitrogen and oxygen atoms in total. The Morgan fingerprint density at radius 1 is 1.33 bits per heavy atom. The summed E-state index contributed by atoms with van der Waals surface area (Å²) in [6.07, 6.45) is 0.456. The molecule has 0 aliphatic rings. The summed E-state index contributed by atoms with van der Waals surface area (Å²) in [6, 6.07) is 7.31. The van der Waals surface area contributed by atoms with Gasteiger partial charge in [-0.2, -0.15) is 0 Å². The second-order valence-electron chi connectivity index (χ2n) is 4.73. The number of fused-ring (bicyclic) bond motifs is 1. The van der Waals surface area contributed by atoms with Crippen LogP contribution in [0.25, 0.3) is 10.9 Å². The molecule has 0 radical (unpaired) electrons. The summed E-state index contributed by atoms with van der Waals surface area (Å²) < 4.78 is 0.904. The van der Waals surface area contributed by atoms with Crippen molar-refractivity contribution in [1.82, 2.24) is 10.3 Å². The van der Waals surface area contributed by atoms with Gasteiger partial charge < -0.3 is 10.4 Å². The summed E-state index contributed by atoms with van der Waals surface area (Å²) in [5, 5.41) is 12.1. The van der Waals surface area contributed by atoms with Gasteiger partial charge in [0.2, 0.25) is 0 Å². The number of aliphatic carboxylic acids is 1. The zero-order valence-electron chi connectivity index (χ0n) is 11.5. The highest BCUT2D eigenvalue weighted by molar-refractivity contribution is 9.10. The van der Waals surface area contributed by atoms with Crippen LogP contribution in [-0.4, -0.2) is 28.5 Å². The van der Waals surface area contributed by atoms with Crippen molar-refractivity contribution in [3.05, 3.63) is 40.0 Å². The van der Waals surface area contributed by atoms with Crippen LogP contribution in [0, 0.1) is 6.92 Å². The Hall–Kier alpha value is -1.95. The van der Waals surface area contributed by atoms with Gasteiger partial charge in [-0.15, -0.1) is 0 Å². The van der Waals surface area contributed by atoms with Crippen molar-refractivity contribution in [2.75, 3.05) is 6.54 Å². The minimum Gasteiger partial charge on any atom is -0.481 e. The van der Waals surface area contributed by atoms with E-state index < -0.39 is 5.97 Å². The van der Waals surface area contributed by atoms with Crippen LogP contribution in [0.2, 0.25) is 0 Å². The number of carboxylic acid groups (broad SMARTS) is 1. The second kappa shape index (κ2) is 6.67. The Morgan fingerprint density at radius 2 is 2.10 bits per heavy atom. The first-order valence-electron chi connectivity index (χ1n) is 6.54. The lowest BCUT2D eigenvalue weighted by Gasteiger charge is -2.09. The zero-order valence-corrected chi connectivity index (χ0v) is 13.1. The van der Waals surface area contributed by atoms with Crippen molar-refractivity contribution in [3.63, 3.8) is 0 Å². The topological polar surface area (TPSA) is 79.3 Å². The van der Waals surface area contributed by atoms with E-state index >= 15 is 0 Å². The number of amides is 1. The third kappa shape index (κ3) is 4.01. The average molecular weight is 351 g/mol. The molecule has 0 aliphatic carbocycles. The molecule has 0 unspecified atom stereocenters. The summed E-state index contributed by atoms with van der Waals surface area (Å²) in [5.74, 6) is -1.07. The van der Waals surface area contributed by atoms with E-state index in [2.05, 4.69) is 26.2 Å². The van der Waals surface area contributed by atoms with E-state index in [9.17, 15) is 9.59 Å². The molecule has 1 heterocycles. The van der Waals surface area contributed by atoms with Crippen molar-refractivity contribution in [2.45, 2.75) is 19.8 Å². The molecule has 1 aromatic heterocycles. The third-order valence-corrected chi connectivity index (χ3v) is 3.49. The first-order valence-corrected chi connectivity index (χ1v) is 7.33. The first-order chi connectivity index (χ1) is 9.97. The Kier molecular flexibility index (Phi) is 4.90. The number of pyridine rings is 1. The monoisotopic (exact) mass is 350 g/mol. The summed E-state index contributed by atoms with van der Waals surface area (Å²) in [5.41, 5.74) is 2.07. The van der Waals surface area contributed by atoms with Crippen molar-refractivity contribution in [1.29, 1.82) is 0 Å². The quantitative estimate of drug-likeness (QED) is 0.812. The highest BCUT2D eigenvalue weighted by Crippen LogP contribution is 2.22. The van der Waals surface area contributed by atoms with Crippen LogP contribution in [0.1, 0.15) is 28.9 Å². The molecule has 2 rings (SSSR count). The van der Waals surface area contributed by atoms with Crippen molar-refractivity contribution in [3.8, 4) is 0 Å². The maximum absolute atomic E-state index is 12.2. The van der Waals surface area contributed by atoms with Gasteiger partial charge in [0.05, 0.1) is 11.1 Å². The van der Waals surface area contributed by atoms with E-state index in [0.717, 1.165) is 21.1 Å². The van der Waals surface area contributed by atoms with E-state index in [-0.39, 0.29) is 12.3 Å². The molecule has 0 fully saturated rings. The fourth-order valence-electron chi connectivity index (χ4n) is 2.06. The number of carbonyl (C=O) groups is 2. The number of nitrogens with one attached hydrogen (secondary N) is 1. The number of hydrogen-bond acceptors (Lipinski definition) is 3. The highest BCUT2D eigenvalue weighted by atomic mass is 79.9. The first kappa shape index (κ1) is 15.4. The summed E-state index contributed by atoms with van der Waals surface area (Å²) in [6.45, 7) is 2.17. The van der Waals surface area contributed by atoms with Gasteiger partial charge in [0.25, 0.3) is 5.91 Å². The van der Waals surface area contributed by atoms with Crippen LogP contribution < -0.4 is 5.32 Å². The van der Waals surface area contributed by atoms with Crippen molar-refractivity contribution in [2.24, 2.45) is 0 Å². The number of rotatable bonds is 5. The predicted octanol–water partition coefficient (Wildman–Crippen LogP) is 2.90. The molecule has 21 heavy (non-hydrogen) atoms. The molecule has 0 spiro atoms. The Labute approximate surface area is 130 Å². The van der Waals surface area contributed by atoms with Crippen LogP contribution >= 0.6 is 15.9 Å². The maximum atomic E-state index is 12.2. The van der Waals surface area contributed by atoms with Gasteiger partial charge in [0.1, 0.15) is 0 Å².